The lowest BCUT2D eigenvalue weighted by molar-refractivity contribution is -0.138. The second kappa shape index (κ2) is 42.3. The molecular weight excluding hydrogens is 1610 g/mol. The third kappa shape index (κ3) is 28.4. The number of carbonyl (C=O) groups excluding carboxylic acids is 8. The zero-order valence-corrected chi connectivity index (χ0v) is 66.3. The molecule has 28 nitrogen and oxygen atoms in total. The van der Waals surface area contributed by atoms with Crippen LogP contribution in [0.25, 0.3) is 21.5 Å². The SMILES string of the molecule is CC(=O)Nc1cc(Nc2ccc(NC(=O)Cc3cccc(C(F)(F)F)c3)cc2)ncn1.CC(=O)Nc1cc(Nc2ccc(NC(=O)Cc3ccccc3C(F)(F)F)cc2)ncn1.CC(=O)Nc1cc(Oc2ccc(NC(=O)Cc3ccc4ccccc4c3)cc2)ncn1.CC(=O)Nc1cc(Oc2ccc(NC(=O)Cc3cccc4ccccc34)cc2)ncn1. The Hall–Kier alpha value is -16.4. The van der Waals surface area contributed by atoms with E-state index in [0.29, 0.717) is 92.3 Å². The van der Waals surface area contributed by atoms with Gasteiger partial charge in [0.25, 0.3) is 0 Å². The number of ether oxygens (including phenoxy) is 2. The highest BCUT2D eigenvalue weighted by Crippen LogP contribution is 2.34. The number of benzene rings is 10. The van der Waals surface area contributed by atoms with Gasteiger partial charge in [-0.3, -0.25) is 38.4 Å². The first-order chi connectivity index (χ1) is 59.5. The molecule has 10 N–H and O–H groups in total. The Bertz CT molecular complexity index is 6120. The van der Waals surface area contributed by atoms with Gasteiger partial charge in [0.05, 0.1) is 36.8 Å². The highest BCUT2D eigenvalue weighted by molar-refractivity contribution is 5.98. The van der Waals surface area contributed by atoms with Crippen LogP contribution in [0.3, 0.4) is 0 Å². The van der Waals surface area contributed by atoms with E-state index in [4.69, 9.17) is 9.47 Å². The van der Waals surface area contributed by atoms with Gasteiger partial charge in [0.15, 0.2) is 0 Å². The fraction of sp³-hybridized carbons (Fsp3) is 0.111. The zero-order chi connectivity index (χ0) is 88.1. The smallest absolute Gasteiger partial charge is 0.416 e. The van der Waals surface area contributed by atoms with E-state index in [2.05, 4.69) is 93.0 Å². The third-order valence-electron chi connectivity index (χ3n) is 17.1. The van der Waals surface area contributed by atoms with Crippen molar-refractivity contribution in [3.63, 3.8) is 0 Å². The van der Waals surface area contributed by atoms with Crippen LogP contribution < -0.4 is 62.6 Å². The van der Waals surface area contributed by atoms with Gasteiger partial charge in [0, 0.05) is 86.1 Å². The van der Waals surface area contributed by atoms with Crippen molar-refractivity contribution in [1.82, 2.24) is 39.9 Å². The normalized spacial score (nSPS) is 10.7. The Morgan fingerprint density at radius 2 is 0.645 bits per heavy atom. The van der Waals surface area contributed by atoms with E-state index in [0.717, 1.165) is 50.9 Å². The molecule has 124 heavy (non-hydrogen) atoms. The monoisotopic (exact) mass is 1680 g/mol. The summed E-state index contributed by atoms with van der Waals surface area (Å²) in [4.78, 5) is 126. The fourth-order valence-electron chi connectivity index (χ4n) is 11.8. The Balaban J connectivity index is 0.000000161. The Labute approximate surface area is 704 Å². The number of hydrogen-bond acceptors (Lipinski definition) is 20. The summed E-state index contributed by atoms with van der Waals surface area (Å²) in [6.45, 7) is 5.53. The molecule has 0 bridgehead atoms. The van der Waals surface area contributed by atoms with Crippen molar-refractivity contribution in [2.45, 2.75) is 65.7 Å². The molecule has 0 saturated carbocycles. The minimum atomic E-state index is -4.52. The number of fused-ring (bicyclic) bond motifs is 2. The third-order valence-corrected chi connectivity index (χ3v) is 17.1. The van der Waals surface area contributed by atoms with Gasteiger partial charge in [-0.25, -0.2) is 39.9 Å². The summed E-state index contributed by atoms with van der Waals surface area (Å²) in [6, 6.07) is 71.0. The molecule has 0 spiro atoms. The van der Waals surface area contributed by atoms with E-state index in [1.54, 1.807) is 109 Å². The average molecular weight is 1680 g/mol. The Morgan fingerprint density at radius 1 is 0.290 bits per heavy atom. The first-order valence-electron chi connectivity index (χ1n) is 37.6. The largest absolute Gasteiger partial charge is 0.439 e. The van der Waals surface area contributed by atoms with Gasteiger partial charge in [0.2, 0.25) is 59.0 Å². The van der Waals surface area contributed by atoms with E-state index in [1.165, 1.54) is 95.5 Å². The van der Waals surface area contributed by atoms with E-state index in [1.807, 2.05) is 84.9 Å². The number of nitrogens with one attached hydrogen (secondary N) is 10. The van der Waals surface area contributed by atoms with Gasteiger partial charge in [-0.15, -0.1) is 0 Å². The number of nitrogens with zero attached hydrogens (tertiary/aromatic N) is 8. The van der Waals surface area contributed by atoms with Crippen LogP contribution in [0.15, 0.2) is 280 Å². The van der Waals surface area contributed by atoms with Crippen LogP contribution in [0, 0.1) is 0 Å². The van der Waals surface area contributed by atoms with Crippen LogP contribution in [-0.2, 0) is 76.4 Å². The number of anilines is 12. The zero-order valence-electron chi connectivity index (χ0n) is 66.3. The second-order valence-electron chi connectivity index (χ2n) is 27.0. The number of carbonyl (C=O) groups is 8. The summed E-state index contributed by atoms with van der Waals surface area (Å²) in [5.74, 6) is 1.82. The van der Waals surface area contributed by atoms with E-state index < -0.39 is 41.7 Å². The summed E-state index contributed by atoms with van der Waals surface area (Å²) in [7, 11) is 0. The van der Waals surface area contributed by atoms with Crippen LogP contribution in [-0.4, -0.2) is 87.1 Å². The number of alkyl halides is 6. The average Bonchev–Trinajstić information content (AvgIpc) is 0.827. The van der Waals surface area contributed by atoms with Crippen molar-refractivity contribution in [2.75, 3.05) is 53.2 Å². The van der Waals surface area contributed by atoms with Gasteiger partial charge in [-0.05, 0) is 153 Å². The van der Waals surface area contributed by atoms with Crippen LogP contribution >= 0.6 is 0 Å². The quantitative estimate of drug-likeness (QED) is 0.0251. The van der Waals surface area contributed by atoms with Gasteiger partial charge >= 0.3 is 12.4 Å². The van der Waals surface area contributed by atoms with Gasteiger partial charge < -0.3 is 62.6 Å². The molecule has 0 aliphatic heterocycles. The van der Waals surface area contributed by atoms with Crippen molar-refractivity contribution < 1.29 is 74.2 Å². The second-order valence-corrected chi connectivity index (χ2v) is 27.0. The Kier molecular flexibility index (Phi) is 30.2. The van der Waals surface area contributed by atoms with Crippen molar-refractivity contribution in [3.05, 3.63) is 313 Å². The van der Waals surface area contributed by atoms with Crippen LogP contribution in [0.2, 0.25) is 0 Å². The molecular formula is C90H76F6N18O10. The minimum Gasteiger partial charge on any atom is -0.439 e. The first-order valence-corrected chi connectivity index (χ1v) is 37.6. The standard InChI is InChI=1S/2C24H20N4O3.2C21H18F3N5O2/c1-16(29)27-22-14-24(26-15-25-22)31-20-11-9-19(10-12-20)28-23(30)13-18-7-4-6-17-5-2-3-8-21(17)18;1-16(29)27-22-14-24(26-15-25-22)31-21-10-8-20(9-11-21)28-23(30)13-17-6-7-18-4-2-3-5-19(18)12-17;1-13(30)27-18-11-19(26-12-25-18)28-16-5-7-17(8-6-16)29-20(31)10-14-3-2-4-15(9-14)21(22,23)24;1-13(30)27-18-11-19(26-12-25-18)28-15-6-8-16(9-7-15)29-20(31)10-14-4-2-3-5-17(14)21(22,23)24/h2*2-12,14-15H,13H2,1H3,(H,28,30)(H,25,26,27,29);2*2-9,11-12H,10H2,1H3,(H,29,31)(H2,25,26,27,28,30). The summed E-state index contributed by atoms with van der Waals surface area (Å²) in [6.07, 6.45) is -3.78. The lowest BCUT2D eigenvalue weighted by Crippen LogP contribution is -2.17. The maximum Gasteiger partial charge on any atom is 0.416 e. The molecule has 628 valence electrons. The molecule has 0 aliphatic carbocycles. The molecule has 0 fully saturated rings. The molecule has 34 heteroatoms. The molecule has 14 rings (SSSR count). The molecule has 0 aliphatic rings. The van der Waals surface area contributed by atoms with E-state index >= 15 is 0 Å². The molecule has 14 aromatic rings. The summed E-state index contributed by atoms with van der Waals surface area (Å²) in [5.41, 5.74) is 4.06. The number of rotatable bonds is 24. The molecule has 0 radical (unpaired) electrons. The molecule has 0 atom stereocenters. The van der Waals surface area contributed by atoms with Crippen LogP contribution in [0.5, 0.6) is 23.3 Å². The maximum absolute atomic E-state index is 13.1. The molecule has 0 saturated heterocycles. The van der Waals surface area contributed by atoms with Crippen molar-refractivity contribution in [1.29, 1.82) is 0 Å². The Morgan fingerprint density at radius 3 is 1.10 bits per heavy atom. The summed E-state index contributed by atoms with van der Waals surface area (Å²) < 4.78 is 88.9. The van der Waals surface area contributed by atoms with E-state index in [-0.39, 0.29) is 65.8 Å². The number of amides is 8. The highest BCUT2D eigenvalue weighted by atomic mass is 19.4. The van der Waals surface area contributed by atoms with Crippen molar-refractivity contribution in [3.8, 4) is 23.3 Å². The number of aromatic nitrogens is 8. The van der Waals surface area contributed by atoms with Gasteiger partial charge in [-0.1, -0.05) is 121 Å². The fourth-order valence-corrected chi connectivity index (χ4v) is 11.8. The van der Waals surface area contributed by atoms with Crippen molar-refractivity contribution in [2.24, 2.45) is 0 Å². The molecule has 0 unspecified atom stereocenters. The number of hydrogen-bond donors (Lipinski definition) is 10. The maximum atomic E-state index is 13.1. The topological polar surface area (TPSA) is 378 Å². The predicted octanol–water partition coefficient (Wildman–Crippen LogP) is 17.9. The van der Waals surface area contributed by atoms with Gasteiger partial charge in [0.1, 0.15) is 71.7 Å². The van der Waals surface area contributed by atoms with Crippen molar-refractivity contribution >= 4 is 138 Å². The lowest BCUT2D eigenvalue weighted by atomic mass is 10.0. The van der Waals surface area contributed by atoms with Crippen LogP contribution in [0.4, 0.5) is 95.4 Å². The van der Waals surface area contributed by atoms with Gasteiger partial charge in [-0.2, -0.15) is 26.3 Å². The summed E-state index contributed by atoms with van der Waals surface area (Å²) >= 11 is 0. The highest BCUT2D eigenvalue weighted by Gasteiger charge is 2.34. The lowest BCUT2D eigenvalue weighted by Gasteiger charge is -2.13. The minimum absolute atomic E-state index is 0.0930. The van der Waals surface area contributed by atoms with Crippen LogP contribution in [0.1, 0.15) is 61.1 Å². The molecule has 4 aromatic heterocycles. The first kappa shape index (κ1) is 88.4. The molecule has 10 aromatic carbocycles. The molecule has 8 amide bonds. The van der Waals surface area contributed by atoms with E-state index in [9.17, 15) is 64.7 Å². The molecule has 4 heterocycles. The predicted molar refractivity (Wildman–Crippen MR) is 458 cm³/mol. The summed E-state index contributed by atoms with van der Waals surface area (Å²) in [5, 5.41) is 31.8. The number of halogens is 6.